The molecular formula is C19H26Cl2N4O. The van der Waals surface area contributed by atoms with Crippen molar-refractivity contribution in [3.8, 4) is 0 Å². The van der Waals surface area contributed by atoms with Gasteiger partial charge in [-0.3, -0.25) is 9.69 Å². The second kappa shape index (κ2) is 8.61. The van der Waals surface area contributed by atoms with Gasteiger partial charge in [0, 0.05) is 58.0 Å². The molecule has 0 aliphatic carbocycles. The van der Waals surface area contributed by atoms with Crippen LogP contribution in [0.15, 0.2) is 30.4 Å². The lowest BCUT2D eigenvalue weighted by Gasteiger charge is -2.40. The van der Waals surface area contributed by atoms with Crippen LogP contribution >= 0.6 is 23.2 Å². The minimum Gasteiger partial charge on any atom is -0.368 e. The Morgan fingerprint density at radius 1 is 1.19 bits per heavy atom. The van der Waals surface area contributed by atoms with Crippen LogP contribution in [0.25, 0.3) is 0 Å². The van der Waals surface area contributed by atoms with Gasteiger partial charge in [0.2, 0.25) is 5.91 Å². The SMILES string of the molecule is C=C(C)CN1CCN[C@@H](C(=O)N2CCN(c3ccc(Cl)c(Cl)c3)CC2)C1. The molecule has 0 aromatic heterocycles. The number of hydrogen-bond acceptors (Lipinski definition) is 4. The molecule has 7 heteroatoms. The van der Waals surface area contributed by atoms with Crippen molar-refractivity contribution in [1.82, 2.24) is 15.1 Å². The minimum absolute atomic E-state index is 0.125. The molecule has 2 heterocycles. The van der Waals surface area contributed by atoms with Crippen molar-refractivity contribution >= 4 is 34.8 Å². The summed E-state index contributed by atoms with van der Waals surface area (Å²) in [6, 6.07) is 5.56. The van der Waals surface area contributed by atoms with Crippen LogP contribution in [0.5, 0.6) is 0 Å². The summed E-state index contributed by atoms with van der Waals surface area (Å²) in [5.41, 5.74) is 2.18. The minimum atomic E-state index is -0.125. The Kier molecular flexibility index (Phi) is 6.46. The molecule has 142 valence electrons. The number of rotatable bonds is 4. The predicted octanol–water partition coefficient (Wildman–Crippen LogP) is 2.49. The lowest BCUT2D eigenvalue weighted by atomic mass is 10.1. The van der Waals surface area contributed by atoms with Gasteiger partial charge in [-0.15, -0.1) is 0 Å². The van der Waals surface area contributed by atoms with E-state index in [-0.39, 0.29) is 11.9 Å². The smallest absolute Gasteiger partial charge is 0.241 e. The molecule has 0 saturated carbocycles. The molecule has 0 spiro atoms. The van der Waals surface area contributed by atoms with Gasteiger partial charge < -0.3 is 15.1 Å². The number of hydrogen-bond donors (Lipinski definition) is 1. The van der Waals surface area contributed by atoms with Gasteiger partial charge in [0.25, 0.3) is 0 Å². The number of piperazine rings is 2. The van der Waals surface area contributed by atoms with Gasteiger partial charge in [-0.2, -0.15) is 0 Å². The number of nitrogens with one attached hydrogen (secondary N) is 1. The van der Waals surface area contributed by atoms with E-state index >= 15 is 0 Å². The first kappa shape index (κ1) is 19.5. The third-order valence-electron chi connectivity index (χ3n) is 4.91. The number of benzene rings is 1. The van der Waals surface area contributed by atoms with Crippen LogP contribution in [-0.2, 0) is 4.79 Å². The van der Waals surface area contributed by atoms with E-state index in [1.807, 2.05) is 30.0 Å². The van der Waals surface area contributed by atoms with Crippen LogP contribution in [0.1, 0.15) is 6.92 Å². The van der Waals surface area contributed by atoms with Gasteiger partial charge in [-0.1, -0.05) is 35.4 Å². The quantitative estimate of drug-likeness (QED) is 0.793. The van der Waals surface area contributed by atoms with Crippen LogP contribution < -0.4 is 10.2 Å². The molecule has 2 aliphatic rings. The fourth-order valence-corrected chi connectivity index (χ4v) is 3.88. The van der Waals surface area contributed by atoms with Gasteiger partial charge in [0.1, 0.15) is 0 Å². The van der Waals surface area contributed by atoms with Crippen LogP contribution in [0.2, 0.25) is 10.0 Å². The standard InChI is InChI=1S/C19H26Cl2N4O/c1-14(2)12-23-6-5-22-18(13-23)19(26)25-9-7-24(8-10-25)15-3-4-16(20)17(21)11-15/h3-4,11,18,22H,1,5-10,12-13H2,2H3/t18-/m1/s1. The maximum absolute atomic E-state index is 12.9. The summed E-state index contributed by atoms with van der Waals surface area (Å²) in [6.45, 7) is 12.4. The average Bonchev–Trinajstić information content (AvgIpc) is 2.63. The van der Waals surface area contributed by atoms with Gasteiger partial charge in [-0.25, -0.2) is 0 Å². The molecule has 3 rings (SSSR count). The lowest BCUT2D eigenvalue weighted by molar-refractivity contribution is -0.134. The third-order valence-corrected chi connectivity index (χ3v) is 5.65. The summed E-state index contributed by atoms with van der Waals surface area (Å²) in [6.07, 6.45) is 0. The second-order valence-electron chi connectivity index (χ2n) is 7.11. The zero-order valence-corrected chi connectivity index (χ0v) is 16.7. The van der Waals surface area contributed by atoms with E-state index in [9.17, 15) is 4.79 Å². The maximum Gasteiger partial charge on any atom is 0.241 e. The topological polar surface area (TPSA) is 38.8 Å². The van der Waals surface area contributed by atoms with Crippen molar-refractivity contribution in [1.29, 1.82) is 0 Å². The Morgan fingerprint density at radius 3 is 2.58 bits per heavy atom. The zero-order chi connectivity index (χ0) is 18.7. The molecule has 26 heavy (non-hydrogen) atoms. The molecule has 1 aromatic rings. The highest BCUT2D eigenvalue weighted by Gasteiger charge is 2.30. The number of nitrogens with zero attached hydrogens (tertiary/aromatic N) is 3. The van der Waals surface area contributed by atoms with E-state index in [0.717, 1.165) is 63.6 Å². The molecular weight excluding hydrogens is 371 g/mol. The fourth-order valence-electron chi connectivity index (χ4n) is 3.59. The van der Waals surface area contributed by atoms with Crippen molar-refractivity contribution in [3.63, 3.8) is 0 Å². The largest absolute Gasteiger partial charge is 0.368 e. The molecule has 5 nitrogen and oxygen atoms in total. The maximum atomic E-state index is 12.9. The average molecular weight is 397 g/mol. The molecule has 1 amide bonds. The van der Waals surface area contributed by atoms with E-state index in [4.69, 9.17) is 23.2 Å². The number of carbonyl (C=O) groups excluding carboxylic acids is 1. The van der Waals surface area contributed by atoms with Gasteiger partial charge in [0.05, 0.1) is 16.1 Å². The molecule has 1 atom stereocenters. The van der Waals surface area contributed by atoms with Crippen molar-refractivity contribution in [2.24, 2.45) is 0 Å². The first-order valence-corrected chi connectivity index (χ1v) is 9.78. The first-order valence-electron chi connectivity index (χ1n) is 9.03. The first-order chi connectivity index (χ1) is 12.4. The number of halogens is 2. The van der Waals surface area contributed by atoms with Crippen LogP contribution in [-0.4, -0.2) is 74.1 Å². The summed E-state index contributed by atoms with van der Waals surface area (Å²) >= 11 is 12.1. The molecule has 1 aromatic carbocycles. The van der Waals surface area contributed by atoms with Crippen LogP contribution in [0.4, 0.5) is 5.69 Å². The molecule has 0 bridgehead atoms. The van der Waals surface area contributed by atoms with E-state index in [0.29, 0.717) is 10.0 Å². The Balaban J connectivity index is 1.54. The normalized spacial score (nSPS) is 21.7. The Bertz CT molecular complexity index is 674. The summed E-state index contributed by atoms with van der Waals surface area (Å²) in [4.78, 5) is 19.4. The Labute approximate surface area is 165 Å². The molecule has 0 radical (unpaired) electrons. The highest BCUT2D eigenvalue weighted by atomic mass is 35.5. The highest BCUT2D eigenvalue weighted by molar-refractivity contribution is 6.42. The van der Waals surface area contributed by atoms with Crippen LogP contribution in [0.3, 0.4) is 0 Å². The molecule has 1 N–H and O–H groups in total. The summed E-state index contributed by atoms with van der Waals surface area (Å²) in [5.74, 6) is 0.199. The monoisotopic (exact) mass is 396 g/mol. The second-order valence-corrected chi connectivity index (χ2v) is 7.92. The number of anilines is 1. The van der Waals surface area contributed by atoms with Crippen molar-refractivity contribution in [2.75, 3.05) is 57.3 Å². The van der Waals surface area contributed by atoms with E-state index < -0.39 is 0 Å². The van der Waals surface area contributed by atoms with Crippen molar-refractivity contribution in [3.05, 3.63) is 40.4 Å². The molecule has 2 saturated heterocycles. The number of amides is 1. The van der Waals surface area contributed by atoms with E-state index in [1.54, 1.807) is 0 Å². The lowest BCUT2D eigenvalue weighted by Crippen LogP contribution is -2.60. The third kappa shape index (κ3) is 4.71. The summed E-state index contributed by atoms with van der Waals surface area (Å²) in [5, 5.41) is 4.49. The van der Waals surface area contributed by atoms with Gasteiger partial charge in [-0.05, 0) is 25.1 Å². The summed E-state index contributed by atoms with van der Waals surface area (Å²) in [7, 11) is 0. The summed E-state index contributed by atoms with van der Waals surface area (Å²) < 4.78 is 0. The number of carbonyl (C=O) groups is 1. The van der Waals surface area contributed by atoms with Gasteiger partial charge >= 0.3 is 0 Å². The Hall–Kier alpha value is -1.27. The molecule has 0 unspecified atom stereocenters. The van der Waals surface area contributed by atoms with E-state index in [1.165, 1.54) is 0 Å². The van der Waals surface area contributed by atoms with Crippen LogP contribution in [0, 0.1) is 0 Å². The van der Waals surface area contributed by atoms with Crippen molar-refractivity contribution in [2.45, 2.75) is 13.0 Å². The van der Waals surface area contributed by atoms with Gasteiger partial charge in [0.15, 0.2) is 0 Å². The molecule has 2 fully saturated rings. The highest BCUT2D eigenvalue weighted by Crippen LogP contribution is 2.27. The van der Waals surface area contributed by atoms with Crippen molar-refractivity contribution < 1.29 is 4.79 Å². The molecule has 2 aliphatic heterocycles. The van der Waals surface area contributed by atoms with E-state index in [2.05, 4.69) is 21.7 Å². The predicted molar refractivity (Wildman–Crippen MR) is 108 cm³/mol. The zero-order valence-electron chi connectivity index (χ0n) is 15.2. The fraction of sp³-hybridized carbons (Fsp3) is 0.526. The Morgan fingerprint density at radius 2 is 1.92 bits per heavy atom.